The number of hydrogen-bond acceptors (Lipinski definition) is 6. The van der Waals surface area contributed by atoms with E-state index < -0.39 is 0 Å². The Morgan fingerprint density at radius 3 is 2.52 bits per heavy atom. The summed E-state index contributed by atoms with van der Waals surface area (Å²) in [5.74, 6) is 0.510. The SMILES string of the molecule is CCOC(=O)CC1CCC(N2CCN(CCNc3ccncc3)CC2)CC1. The van der Waals surface area contributed by atoms with Crippen molar-refractivity contribution < 1.29 is 9.53 Å². The van der Waals surface area contributed by atoms with Gasteiger partial charge in [0.15, 0.2) is 0 Å². The number of nitrogens with one attached hydrogen (secondary N) is 1. The second-order valence-corrected chi connectivity index (χ2v) is 7.72. The number of nitrogens with zero attached hydrogens (tertiary/aromatic N) is 3. The van der Waals surface area contributed by atoms with Gasteiger partial charge < -0.3 is 10.1 Å². The lowest BCUT2D eigenvalue weighted by atomic mass is 9.83. The van der Waals surface area contributed by atoms with Crippen molar-refractivity contribution in [3.05, 3.63) is 24.5 Å². The molecular weight excluding hydrogens is 340 g/mol. The van der Waals surface area contributed by atoms with Crippen molar-refractivity contribution >= 4 is 11.7 Å². The molecule has 0 radical (unpaired) electrons. The molecule has 1 aromatic rings. The summed E-state index contributed by atoms with van der Waals surface area (Å²) in [6, 6.07) is 4.73. The summed E-state index contributed by atoms with van der Waals surface area (Å²) in [5, 5.41) is 3.46. The van der Waals surface area contributed by atoms with E-state index in [0.717, 1.165) is 31.9 Å². The molecule has 2 aliphatic rings. The number of esters is 1. The van der Waals surface area contributed by atoms with E-state index in [2.05, 4.69) is 20.1 Å². The number of aromatic nitrogens is 1. The highest BCUT2D eigenvalue weighted by atomic mass is 16.5. The average molecular weight is 375 g/mol. The Hall–Kier alpha value is -1.66. The first kappa shape index (κ1) is 20.1. The van der Waals surface area contributed by atoms with Crippen LogP contribution in [0.25, 0.3) is 0 Å². The molecule has 0 unspecified atom stereocenters. The van der Waals surface area contributed by atoms with Gasteiger partial charge in [-0.25, -0.2) is 0 Å². The number of pyridine rings is 1. The van der Waals surface area contributed by atoms with E-state index >= 15 is 0 Å². The third-order valence-corrected chi connectivity index (χ3v) is 5.94. The second kappa shape index (κ2) is 10.6. The van der Waals surface area contributed by atoms with Crippen LogP contribution in [0.5, 0.6) is 0 Å². The third kappa shape index (κ3) is 6.47. The summed E-state index contributed by atoms with van der Waals surface area (Å²) >= 11 is 0. The fourth-order valence-electron chi connectivity index (χ4n) is 4.35. The van der Waals surface area contributed by atoms with E-state index in [1.165, 1.54) is 38.8 Å². The first-order chi connectivity index (χ1) is 13.2. The zero-order valence-corrected chi connectivity index (χ0v) is 16.6. The molecule has 1 aliphatic carbocycles. The largest absolute Gasteiger partial charge is 0.466 e. The monoisotopic (exact) mass is 374 g/mol. The van der Waals surface area contributed by atoms with Gasteiger partial charge in [0.25, 0.3) is 0 Å². The van der Waals surface area contributed by atoms with Gasteiger partial charge in [-0.05, 0) is 50.7 Å². The Bertz CT molecular complexity index is 553. The number of anilines is 1. The van der Waals surface area contributed by atoms with Crippen molar-refractivity contribution in [1.29, 1.82) is 0 Å². The van der Waals surface area contributed by atoms with Crippen LogP contribution in [0.4, 0.5) is 5.69 Å². The molecule has 1 aliphatic heterocycles. The van der Waals surface area contributed by atoms with E-state index in [4.69, 9.17) is 4.74 Å². The molecular formula is C21H34N4O2. The van der Waals surface area contributed by atoms with E-state index in [9.17, 15) is 4.79 Å². The van der Waals surface area contributed by atoms with E-state index in [-0.39, 0.29) is 5.97 Å². The molecule has 0 atom stereocenters. The molecule has 27 heavy (non-hydrogen) atoms. The van der Waals surface area contributed by atoms with Gasteiger partial charge in [-0.15, -0.1) is 0 Å². The summed E-state index contributed by atoms with van der Waals surface area (Å²) < 4.78 is 5.10. The molecule has 1 saturated heterocycles. The summed E-state index contributed by atoms with van der Waals surface area (Å²) in [7, 11) is 0. The number of ether oxygens (including phenoxy) is 1. The minimum Gasteiger partial charge on any atom is -0.466 e. The molecule has 2 fully saturated rings. The third-order valence-electron chi connectivity index (χ3n) is 5.94. The molecule has 3 rings (SSSR count). The van der Waals surface area contributed by atoms with Crippen molar-refractivity contribution in [3.8, 4) is 0 Å². The Labute approximate surface area is 163 Å². The Kier molecular flexibility index (Phi) is 7.90. The zero-order chi connectivity index (χ0) is 18.9. The number of piperazine rings is 1. The highest BCUT2D eigenvalue weighted by molar-refractivity contribution is 5.69. The van der Waals surface area contributed by atoms with Crippen LogP contribution < -0.4 is 5.32 Å². The summed E-state index contributed by atoms with van der Waals surface area (Å²) in [4.78, 5) is 20.9. The molecule has 6 heteroatoms. The number of carbonyl (C=O) groups excluding carboxylic acids is 1. The minimum absolute atomic E-state index is 0.0186. The lowest BCUT2D eigenvalue weighted by Crippen LogP contribution is -2.51. The fourth-order valence-corrected chi connectivity index (χ4v) is 4.35. The Morgan fingerprint density at radius 1 is 1.15 bits per heavy atom. The number of carbonyl (C=O) groups is 1. The van der Waals surface area contributed by atoms with Crippen LogP contribution in [-0.2, 0) is 9.53 Å². The number of hydrogen-bond donors (Lipinski definition) is 1. The van der Waals surface area contributed by atoms with Crippen molar-refractivity contribution in [2.24, 2.45) is 5.92 Å². The predicted molar refractivity (Wildman–Crippen MR) is 108 cm³/mol. The molecule has 1 N–H and O–H groups in total. The lowest BCUT2D eigenvalue weighted by molar-refractivity contribution is -0.144. The van der Waals surface area contributed by atoms with Crippen LogP contribution in [-0.4, -0.2) is 72.7 Å². The van der Waals surface area contributed by atoms with Crippen molar-refractivity contribution in [2.45, 2.75) is 45.1 Å². The minimum atomic E-state index is -0.0186. The van der Waals surface area contributed by atoms with Gasteiger partial charge in [0.1, 0.15) is 0 Å². The highest BCUT2D eigenvalue weighted by Crippen LogP contribution is 2.30. The van der Waals surface area contributed by atoms with E-state index in [1.54, 1.807) is 0 Å². The molecule has 0 spiro atoms. The van der Waals surface area contributed by atoms with Crippen molar-refractivity contribution in [3.63, 3.8) is 0 Å². The normalized spacial score (nSPS) is 24.5. The first-order valence-electron chi connectivity index (χ1n) is 10.5. The molecule has 0 amide bonds. The van der Waals surface area contributed by atoms with Crippen LogP contribution in [0, 0.1) is 5.92 Å². The molecule has 1 aromatic heterocycles. The molecule has 2 heterocycles. The van der Waals surface area contributed by atoms with Crippen LogP contribution in [0.1, 0.15) is 39.0 Å². The Balaban J connectivity index is 1.30. The first-order valence-corrected chi connectivity index (χ1v) is 10.5. The standard InChI is InChI=1S/C21H34N4O2/c1-2-27-21(26)17-18-3-5-20(6-4-18)25-15-13-24(14-16-25)12-11-23-19-7-9-22-10-8-19/h7-10,18,20H,2-6,11-17H2,1H3,(H,22,23). The fraction of sp³-hybridized carbons (Fsp3) is 0.714. The molecule has 0 bridgehead atoms. The number of rotatable bonds is 8. The van der Waals surface area contributed by atoms with Crippen LogP contribution in [0.2, 0.25) is 0 Å². The smallest absolute Gasteiger partial charge is 0.306 e. The van der Waals surface area contributed by atoms with E-state index in [0.29, 0.717) is 25.0 Å². The topological polar surface area (TPSA) is 57.7 Å². The predicted octanol–water partition coefficient (Wildman–Crippen LogP) is 2.62. The summed E-state index contributed by atoms with van der Waals surface area (Å²) in [6.45, 7) is 9.08. The van der Waals surface area contributed by atoms with Crippen molar-refractivity contribution in [2.75, 3.05) is 51.2 Å². The average Bonchev–Trinajstić information content (AvgIpc) is 2.70. The maximum Gasteiger partial charge on any atom is 0.306 e. The lowest BCUT2D eigenvalue weighted by Gasteiger charge is -2.42. The van der Waals surface area contributed by atoms with Crippen LogP contribution in [0.15, 0.2) is 24.5 Å². The molecule has 6 nitrogen and oxygen atoms in total. The van der Waals surface area contributed by atoms with Gasteiger partial charge >= 0.3 is 5.97 Å². The highest BCUT2D eigenvalue weighted by Gasteiger charge is 2.29. The molecule has 150 valence electrons. The maximum absolute atomic E-state index is 11.7. The van der Waals surface area contributed by atoms with Gasteiger partial charge in [0.2, 0.25) is 0 Å². The van der Waals surface area contributed by atoms with Crippen molar-refractivity contribution in [1.82, 2.24) is 14.8 Å². The van der Waals surface area contributed by atoms with E-state index in [1.807, 2.05) is 31.5 Å². The van der Waals surface area contributed by atoms with Gasteiger partial charge in [0.05, 0.1) is 6.61 Å². The van der Waals surface area contributed by atoms with Gasteiger partial charge in [-0.3, -0.25) is 19.6 Å². The maximum atomic E-state index is 11.7. The Morgan fingerprint density at radius 2 is 1.85 bits per heavy atom. The molecule has 0 aromatic carbocycles. The summed E-state index contributed by atoms with van der Waals surface area (Å²) in [5.41, 5.74) is 1.14. The zero-order valence-electron chi connectivity index (χ0n) is 16.6. The van der Waals surface area contributed by atoms with Gasteiger partial charge in [-0.1, -0.05) is 0 Å². The quantitative estimate of drug-likeness (QED) is 0.706. The van der Waals surface area contributed by atoms with Crippen LogP contribution >= 0.6 is 0 Å². The summed E-state index contributed by atoms with van der Waals surface area (Å²) in [6.07, 6.45) is 9.05. The van der Waals surface area contributed by atoms with Gasteiger partial charge in [-0.2, -0.15) is 0 Å². The second-order valence-electron chi connectivity index (χ2n) is 7.72. The van der Waals surface area contributed by atoms with Crippen LogP contribution in [0.3, 0.4) is 0 Å². The molecule has 1 saturated carbocycles. The van der Waals surface area contributed by atoms with Gasteiger partial charge in [0, 0.05) is 69.8 Å².